The molecule has 0 saturated heterocycles. The zero-order chi connectivity index (χ0) is 21.6. The standard InChI is InChI=1S/C20H25N3O4S2/c1-7-23(8-2)16-11-19(29-20(16)13(4)22-27-15(6)25)18-10-9-17(28-18)12(3)21-26-14(5)24/h9-11H,7-8H2,1-6H3/b21-12+,22-13-. The van der Waals surface area contributed by atoms with Gasteiger partial charge in [0.2, 0.25) is 0 Å². The van der Waals surface area contributed by atoms with Crippen LogP contribution in [0.3, 0.4) is 0 Å². The first-order valence-corrected chi connectivity index (χ1v) is 10.8. The quantitative estimate of drug-likeness (QED) is 0.335. The van der Waals surface area contributed by atoms with Crippen molar-refractivity contribution in [3.05, 3.63) is 28.0 Å². The Morgan fingerprint density at radius 1 is 0.897 bits per heavy atom. The van der Waals surface area contributed by atoms with Crippen molar-refractivity contribution in [1.29, 1.82) is 0 Å². The topological polar surface area (TPSA) is 80.6 Å². The molecule has 0 amide bonds. The van der Waals surface area contributed by atoms with Gasteiger partial charge in [0.25, 0.3) is 0 Å². The minimum Gasteiger partial charge on any atom is -0.371 e. The van der Waals surface area contributed by atoms with Gasteiger partial charge in [-0.1, -0.05) is 10.3 Å². The van der Waals surface area contributed by atoms with Gasteiger partial charge in [0.05, 0.1) is 26.9 Å². The molecule has 0 aliphatic rings. The van der Waals surface area contributed by atoms with E-state index >= 15 is 0 Å². The molecule has 2 rings (SSSR count). The lowest BCUT2D eigenvalue weighted by atomic mass is 10.2. The van der Waals surface area contributed by atoms with Gasteiger partial charge in [-0.05, 0) is 45.9 Å². The first-order valence-electron chi connectivity index (χ1n) is 9.20. The number of anilines is 1. The Morgan fingerprint density at radius 3 is 2.03 bits per heavy atom. The summed E-state index contributed by atoms with van der Waals surface area (Å²) in [5, 5.41) is 7.83. The zero-order valence-electron chi connectivity index (χ0n) is 17.4. The van der Waals surface area contributed by atoms with E-state index in [0.717, 1.165) is 38.3 Å². The predicted octanol–water partition coefficient (Wildman–Crippen LogP) is 4.90. The summed E-state index contributed by atoms with van der Waals surface area (Å²) in [7, 11) is 0. The van der Waals surface area contributed by atoms with Gasteiger partial charge in [-0.25, -0.2) is 9.59 Å². The third kappa shape index (κ3) is 5.98. The van der Waals surface area contributed by atoms with Crippen LogP contribution in [0.25, 0.3) is 9.75 Å². The second kappa shape index (κ2) is 10.3. The van der Waals surface area contributed by atoms with Gasteiger partial charge in [0, 0.05) is 36.7 Å². The molecule has 2 heterocycles. The Morgan fingerprint density at radius 2 is 1.48 bits per heavy atom. The summed E-state index contributed by atoms with van der Waals surface area (Å²) in [6, 6.07) is 6.11. The van der Waals surface area contributed by atoms with Crippen LogP contribution in [-0.2, 0) is 19.3 Å². The monoisotopic (exact) mass is 435 g/mol. The summed E-state index contributed by atoms with van der Waals surface area (Å²) in [6.45, 7) is 12.2. The van der Waals surface area contributed by atoms with E-state index in [9.17, 15) is 9.59 Å². The number of hydrogen-bond donors (Lipinski definition) is 0. The number of nitrogens with zero attached hydrogens (tertiary/aromatic N) is 3. The number of rotatable bonds is 8. The molecule has 0 N–H and O–H groups in total. The predicted molar refractivity (Wildman–Crippen MR) is 119 cm³/mol. The van der Waals surface area contributed by atoms with Crippen LogP contribution in [0.1, 0.15) is 51.3 Å². The summed E-state index contributed by atoms with van der Waals surface area (Å²) >= 11 is 3.17. The number of thiophene rings is 2. The molecule has 7 nitrogen and oxygen atoms in total. The normalized spacial score (nSPS) is 12.1. The second-order valence-corrected chi connectivity index (χ2v) is 8.32. The molecule has 2 aromatic rings. The van der Waals surface area contributed by atoms with Gasteiger partial charge < -0.3 is 14.6 Å². The van der Waals surface area contributed by atoms with Crippen LogP contribution in [0.15, 0.2) is 28.5 Å². The zero-order valence-corrected chi connectivity index (χ0v) is 19.1. The fraction of sp³-hybridized carbons (Fsp3) is 0.400. The third-order valence-electron chi connectivity index (χ3n) is 3.97. The Balaban J connectivity index is 2.43. The second-order valence-electron chi connectivity index (χ2n) is 6.18. The van der Waals surface area contributed by atoms with Crippen molar-refractivity contribution in [2.45, 2.75) is 41.5 Å². The van der Waals surface area contributed by atoms with Crippen molar-refractivity contribution in [2.75, 3.05) is 18.0 Å². The van der Waals surface area contributed by atoms with Crippen LogP contribution in [0, 0.1) is 0 Å². The van der Waals surface area contributed by atoms with Crippen molar-refractivity contribution < 1.29 is 19.3 Å². The summed E-state index contributed by atoms with van der Waals surface area (Å²) < 4.78 is 0. The molecule has 0 radical (unpaired) electrons. The first-order chi connectivity index (χ1) is 13.8. The number of carbonyl (C=O) groups is 2. The molecular weight excluding hydrogens is 410 g/mol. The minimum absolute atomic E-state index is 0.448. The van der Waals surface area contributed by atoms with Crippen LogP contribution in [0.2, 0.25) is 0 Å². The fourth-order valence-electron chi connectivity index (χ4n) is 2.58. The molecule has 29 heavy (non-hydrogen) atoms. The lowest BCUT2D eigenvalue weighted by Gasteiger charge is -2.21. The number of hydrogen-bond acceptors (Lipinski definition) is 9. The largest absolute Gasteiger partial charge is 0.371 e. The molecule has 9 heteroatoms. The van der Waals surface area contributed by atoms with Crippen LogP contribution in [-0.4, -0.2) is 36.5 Å². The van der Waals surface area contributed by atoms with E-state index in [0.29, 0.717) is 11.4 Å². The van der Waals surface area contributed by atoms with Crippen LogP contribution < -0.4 is 4.90 Å². The van der Waals surface area contributed by atoms with Crippen molar-refractivity contribution in [3.8, 4) is 9.75 Å². The Bertz CT molecular complexity index is 939. The summed E-state index contributed by atoms with van der Waals surface area (Å²) in [5.74, 6) is -0.897. The molecule has 0 aliphatic heterocycles. The van der Waals surface area contributed by atoms with Crippen LogP contribution in [0.5, 0.6) is 0 Å². The van der Waals surface area contributed by atoms with Gasteiger partial charge in [-0.15, -0.1) is 22.7 Å². The average Bonchev–Trinajstić information content (AvgIpc) is 3.32. The molecule has 156 valence electrons. The fourth-order valence-corrected chi connectivity index (χ4v) is 4.72. The Labute approximate surface area is 178 Å². The summed E-state index contributed by atoms with van der Waals surface area (Å²) in [5.41, 5.74) is 2.36. The average molecular weight is 436 g/mol. The smallest absolute Gasteiger partial charge is 0.331 e. The van der Waals surface area contributed by atoms with Gasteiger partial charge in [0.15, 0.2) is 0 Å². The van der Waals surface area contributed by atoms with Crippen molar-refractivity contribution in [3.63, 3.8) is 0 Å². The van der Waals surface area contributed by atoms with Crippen molar-refractivity contribution in [1.82, 2.24) is 0 Å². The molecule has 0 aliphatic carbocycles. The SMILES string of the molecule is CCN(CC)c1cc(-c2ccc(/C(C)=N/OC(C)=O)s2)sc1/C(C)=N\OC(C)=O. The van der Waals surface area contributed by atoms with Crippen molar-refractivity contribution in [2.24, 2.45) is 10.3 Å². The lowest BCUT2D eigenvalue weighted by Crippen LogP contribution is -2.22. The number of oxime groups is 2. The van der Waals surface area contributed by atoms with Crippen molar-refractivity contribution >= 4 is 51.7 Å². The molecule has 0 bridgehead atoms. The van der Waals surface area contributed by atoms with E-state index in [1.807, 2.05) is 19.1 Å². The molecule has 0 spiro atoms. The highest BCUT2D eigenvalue weighted by Gasteiger charge is 2.19. The maximum absolute atomic E-state index is 11.1. The highest BCUT2D eigenvalue weighted by Crippen LogP contribution is 2.40. The van der Waals surface area contributed by atoms with E-state index in [-0.39, 0.29) is 0 Å². The van der Waals surface area contributed by atoms with Gasteiger partial charge in [-0.2, -0.15) is 0 Å². The van der Waals surface area contributed by atoms with Gasteiger partial charge >= 0.3 is 11.9 Å². The summed E-state index contributed by atoms with van der Waals surface area (Å²) in [6.07, 6.45) is 0. The molecule has 0 atom stereocenters. The molecule has 0 aromatic carbocycles. The number of carbonyl (C=O) groups excluding carboxylic acids is 2. The van der Waals surface area contributed by atoms with E-state index in [1.165, 1.54) is 13.8 Å². The van der Waals surface area contributed by atoms with Gasteiger partial charge in [-0.3, -0.25) is 0 Å². The highest BCUT2D eigenvalue weighted by atomic mass is 32.1. The van der Waals surface area contributed by atoms with Crippen LogP contribution in [0.4, 0.5) is 5.69 Å². The maximum atomic E-state index is 11.1. The molecule has 2 aromatic heterocycles. The third-order valence-corrected chi connectivity index (χ3v) is 6.60. The minimum atomic E-state index is -0.449. The maximum Gasteiger partial charge on any atom is 0.331 e. The summed E-state index contributed by atoms with van der Waals surface area (Å²) in [4.78, 5) is 37.9. The van der Waals surface area contributed by atoms with E-state index in [4.69, 9.17) is 9.68 Å². The van der Waals surface area contributed by atoms with E-state index in [1.54, 1.807) is 29.6 Å². The van der Waals surface area contributed by atoms with Gasteiger partial charge in [0.1, 0.15) is 0 Å². The molecule has 0 unspecified atom stereocenters. The first kappa shape index (κ1) is 22.8. The Hall–Kier alpha value is -2.52. The molecule has 0 fully saturated rings. The van der Waals surface area contributed by atoms with E-state index < -0.39 is 11.9 Å². The molecular formula is C20H25N3O4S2. The lowest BCUT2D eigenvalue weighted by molar-refractivity contribution is -0.141. The highest BCUT2D eigenvalue weighted by molar-refractivity contribution is 7.24. The molecule has 0 saturated carbocycles. The van der Waals surface area contributed by atoms with Crippen LogP contribution >= 0.6 is 22.7 Å². The Kier molecular flexibility index (Phi) is 8.10. The van der Waals surface area contributed by atoms with E-state index in [2.05, 4.69) is 35.1 Å².